The summed E-state index contributed by atoms with van der Waals surface area (Å²) >= 11 is 0. The minimum absolute atomic E-state index is 0.0301. The molecule has 2 saturated heterocycles. The number of piperidine rings is 1. The van der Waals surface area contributed by atoms with Gasteiger partial charge in [0.05, 0.1) is 13.1 Å². The number of nitrogens with zero attached hydrogens (tertiary/aromatic N) is 2. The average Bonchev–Trinajstić information content (AvgIpc) is 2.60. The molecular formula is C20H28N4O3. The van der Waals surface area contributed by atoms with Crippen molar-refractivity contribution in [3.05, 3.63) is 29.3 Å². The number of nitrogens with one attached hydrogen (secondary N) is 2. The quantitative estimate of drug-likeness (QED) is 0.823. The van der Waals surface area contributed by atoms with Gasteiger partial charge >= 0.3 is 0 Å². The van der Waals surface area contributed by atoms with E-state index >= 15 is 0 Å². The Hall–Kier alpha value is -2.41. The minimum atomic E-state index is -0.0879. The Morgan fingerprint density at radius 3 is 2.41 bits per heavy atom. The molecule has 27 heavy (non-hydrogen) atoms. The molecule has 7 nitrogen and oxygen atoms in total. The van der Waals surface area contributed by atoms with Crippen LogP contribution in [0.3, 0.4) is 0 Å². The Labute approximate surface area is 160 Å². The lowest BCUT2D eigenvalue weighted by atomic mass is 9.95. The van der Waals surface area contributed by atoms with Gasteiger partial charge in [-0.05, 0) is 63.0 Å². The van der Waals surface area contributed by atoms with Crippen LogP contribution in [0.1, 0.15) is 24.0 Å². The molecule has 7 heteroatoms. The van der Waals surface area contributed by atoms with E-state index in [1.807, 2.05) is 26.0 Å². The average molecular weight is 372 g/mol. The van der Waals surface area contributed by atoms with Crippen LogP contribution in [-0.2, 0) is 14.4 Å². The van der Waals surface area contributed by atoms with Crippen molar-refractivity contribution in [3.63, 3.8) is 0 Å². The van der Waals surface area contributed by atoms with Gasteiger partial charge in [0.2, 0.25) is 17.7 Å². The third kappa shape index (κ3) is 5.29. The number of aryl methyl sites for hydroxylation is 2. The zero-order chi connectivity index (χ0) is 19.4. The van der Waals surface area contributed by atoms with Gasteiger partial charge in [-0.2, -0.15) is 0 Å². The lowest BCUT2D eigenvalue weighted by Crippen LogP contribution is -2.53. The Kier molecular flexibility index (Phi) is 6.11. The highest BCUT2D eigenvalue weighted by atomic mass is 16.2. The number of carbonyl (C=O) groups is 3. The molecule has 2 N–H and O–H groups in total. The SMILES string of the molecule is Cc1cc(C)cc(NC(=O)CN2CCC(C(=O)N3CCNC(=O)C3)CC2)c1. The second-order valence-electron chi connectivity index (χ2n) is 7.58. The van der Waals surface area contributed by atoms with Crippen LogP contribution < -0.4 is 10.6 Å². The maximum atomic E-state index is 12.6. The summed E-state index contributed by atoms with van der Waals surface area (Å²) in [5, 5.41) is 5.70. The van der Waals surface area contributed by atoms with Crippen LogP contribution in [-0.4, -0.2) is 66.8 Å². The van der Waals surface area contributed by atoms with Gasteiger partial charge in [-0.25, -0.2) is 0 Å². The smallest absolute Gasteiger partial charge is 0.239 e. The van der Waals surface area contributed by atoms with Crippen molar-refractivity contribution in [1.29, 1.82) is 0 Å². The summed E-state index contributed by atoms with van der Waals surface area (Å²) in [5.41, 5.74) is 3.07. The van der Waals surface area contributed by atoms with Gasteiger partial charge in [0.15, 0.2) is 0 Å². The van der Waals surface area contributed by atoms with Gasteiger partial charge in [-0.15, -0.1) is 0 Å². The number of hydrogen-bond donors (Lipinski definition) is 2. The summed E-state index contributed by atoms with van der Waals surface area (Å²) in [7, 11) is 0. The van der Waals surface area contributed by atoms with E-state index in [1.54, 1.807) is 4.90 Å². The summed E-state index contributed by atoms with van der Waals surface area (Å²) < 4.78 is 0. The first-order valence-corrected chi connectivity index (χ1v) is 9.57. The van der Waals surface area contributed by atoms with Crippen LogP contribution in [0.4, 0.5) is 5.69 Å². The molecule has 2 aliphatic heterocycles. The van der Waals surface area contributed by atoms with Crippen molar-refractivity contribution in [1.82, 2.24) is 15.1 Å². The molecule has 0 bridgehead atoms. The molecule has 1 aromatic rings. The predicted molar refractivity (Wildman–Crippen MR) is 103 cm³/mol. The second kappa shape index (κ2) is 8.52. The standard InChI is InChI=1S/C20H28N4O3/c1-14-9-15(2)11-17(10-14)22-19(26)12-23-6-3-16(4-7-23)20(27)24-8-5-21-18(25)13-24/h9-11,16H,3-8,12-13H2,1-2H3,(H,21,25)(H,22,26). The molecule has 146 valence electrons. The number of anilines is 1. The first-order valence-electron chi connectivity index (χ1n) is 9.57. The topological polar surface area (TPSA) is 81.8 Å². The van der Waals surface area contributed by atoms with Gasteiger partial charge < -0.3 is 15.5 Å². The van der Waals surface area contributed by atoms with E-state index in [2.05, 4.69) is 21.6 Å². The fourth-order valence-electron chi connectivity index (χ4n) is 3.87. The van der Waals surface area contributed by atoms with E-state index in [9.17, 15) is 14.4 Å². The first-order chi connectivity index (χ1) is 12.9. The molecule has 1 aromatic carbocycles. The lowest BCUT2D eigenvalue weighted by molar-refractivity contribution is -0.142. The summed E-state index contributed by atoms with van der Waals surface area (Å²) in [6, 6.07) is 6.00. The summed E-state index contributed by atoms with van der Waals surface area (Å²) in [6.07, 6.45) is 1.46. The third-order valence-corrected chi connectivity index (χ3v) is 5.16. The van der Waals surface area contributed by atoms with E-state index in [-0.39, 0.29) is 30.2 Å². The summed E-state index contributed by atoms with van der Waals surface area (Å²) in [6.45, 7) is 7.07. The van der Waals surface area contributed by atoms with E-state index in [4.69, 9.17) is 0 Å². The van der Waals surface area contributed by atoms with Crippen molar-refractivity contribution in [2.24, 2.45) is 5.92 Å². The molecule has 0 atom stereocenters. The van der Waals surface area contributed by atoms with E-state index < -0.39 is 0 Å². The van der Waals surface area contributed by atoms with Crippen molar-refractivity contribution in [2.75, 3.05) is 44.6 Å². The number of likely N-dealkylation sites (tertiary alicyclic amines) is 1. The Morgan fingerprint density at radius 2 is 1.78 bits per heavy atom. The molecule has 0 spiro atoms. The van der Waals surface area contributed by atoms with Crippen LogP contribution in [0.15, 0.2) is 18.2 Å². The normalized spacial score (nSPS) is 18.9. The summed E-state index contributed by atoms with van der Waals surface area (Å²) in [4.78, 5) is 40.1. The van der Waals surface area contributed by atoms with Gasteiger partial charge in [-0.1, -0.05) is 6.07 Å². The Balaban J connectivity index is 1.45. The van der Waals surface area contributed by atoms with Crippen LogP contribution in [0.5, 0.6) is 0 Å². The maximum Gasteiger partial charge on any atom is 0.239 e. The highest BCUT2D eigenvalue weighted by Crippen LogP contribution is 2.20. The van der Waals surface area contributed by atoms with E-state index in [0.29, 0.717) is 19.6 Å². The van der Waals surface area contributed by atoms with Gasteiger partial charge in [-0.3, -0.25) is 19.3 Å². The number of piperazine rings is 1. The molecule has 0 unspecified atom stereocenters. The summed E-state index contributed by atoms with van der Waals surface area (Å²) in [5.74, 6) is -0.0913. The van der Waals surface area contributed by atoms with E-state index in [0.717, 1.165) is 42.7 Å². The number of rotatable bonds is 4. The number of amides is 3. The fraction of sp³-hybridized carbons (Fsp3) is 0.550. The van der Waals surface area contributed by atoms with Crippen molar-refractivity contribution in [3.8, 4) is 0 Å². The highest BCUT2D eigenvalue weighted by Gasteiger charge is 2.31. The molecule has 3 amide bonds. The molecule has 0 radical (unpaired) electrons. The molecule has 2 aliphatic rings. The Bertz CT molecular complexity index is 706. The van der Waals surface area contributed by atoms with E-state index in [1.165, 1.54) is 0 Å². The molecule has 2 fully saturated rings. The largest absolute Gasteiger partial charge is 0.353 e. The van der Waals surface area contributed by atoms with Gasteiger partial charge in [0.1, 0.15) is 0 Å². The molecule has 0 aliphatic carbocycles. The lowest BCUT2D eigenvalue weighted by Gasteiger charge is -2.35. The predicted octanol–water partition coefficient (Wildman–Crippen LogP) is 0.912. The zero-order valence-corrected chi connectivity index (χ0v) is 16.1. The van der Waals surface area contributed by atoms with Crippen molar-refractivity contribution < 1.29 is 14.4 Å². The molecule has 0 saturated carbocycles. The molecule has 2 heterocycles. The molecule has 3 rings (SSSR count). The maximum absolute atomic E-state index is 12.6. The second-order valence-corrected chi connectivity index (χ2v) is 7.58. The van der Waals surface area contributed by atoms with Crippen LogP contribution >= 0.6 is 0 Å². The molecular weight excluding hydrogens is 344 g/mol. The van der Waals surface area contributed by atoms with Crippen LogP contribution in [0, 0.1) is 19.8 Å². The Morgan fingerprint density at radius 1 is 1.11 bits per heavy atom. The molecule has 0 aromatic heterocycles. The van der Waals surface area contributed by atoms with Crippen molar-refractivity contribution in [2.45, 2.75) is 26.7 Å². The number of carbonyl (C=O) groups excluding carboxylic acids is 3. The zero-order valence-electron chi connectivity index (χ0n) is 16.1. The minimum Gasteiger partial charge on any atom is -0.353 e. The van der Waals surface area contributed by atoms with Gasteiger partial charge in [0.25, 0.3) is 0 Å². The fourth-order valence-corrected chi connectivity index (χ4v) is 3.87. The monoisotopic (exact) mass is 372 g/mol. The first kappa shape index (κ1) is 19.4. The highest BCUT2D eigenvalue weighted by molar-refractivity contribution is 5.92. The van der Waals surface area contributed by atoms with Crippen LogP contribution in [0.2, 0.25) is 0 Å². The third-order valence-electron chi connectivity index (χ3n) is 5.16. The van der Waals surface area contributed by atoms with Crippen molar-refractivity contribution >= 4 is 23.4 Å². The van der Waals surface area contributed by atoms with Crippen LogP contribution in [0.25, 0.3) is 0 Å². The number of benzene rings is 1. The van der Waals surface area contributed by atoms with Gasteiger partial charge in [0, 0.05) is 24.7 Å². The number of hydrogen-bond acceptors (Lipinski definition) is 4.